The Labute approximate surface area is 185 Å². The number of hydrogen-bond acceptors (Lipinski definition) is 6. The number of thiazole rings is 1. The van der Waals surface area contributed by atoms with Crippen molar-refractivity contribution in [3.63, 3.8) is 0 Å². The maximum absolute atomic E-state index is 12.7. The van der Waals surface area contributed by atoms with E-state index in [2.05, 4.69) is 27.4 Å². The number of benzene rings is 1. The van der Waals surface area contributed by atoms with Crippen LogP contribution in [0.1, 0.15) is 17.0 Å². The summed E-state index contributed by atoms with van der Waals surface area (Å²) in [6.07, 6.45) is 6.00. The topological polar surface area (TPSA) is 49.6 Å². The first-order valence-electron chi connectivity index (χ1n) is 10.5. The summed E-state index contributed by atoms with van der Waals surface area (Å²) in [5.74, 6) is 0. The van der Waals surface area contributed by atoms with Gasteiger partial charge in [0.2, 0.25) is 0 Å². The Kier molecular flexibility index (Phi) is 6.63. The van der Waals surface area contributed by atoms with Crippen LogP contribution in [-0.2, 0) is 0 Å². The molecule has 0 N–H and O–H groups in total. The molecule has 3 aromatic rings. The summed E-state index contributed by atoms with van der Waals surface area (Å²) in [6.45, 7) is 9.77. The van der Waals surface area contributed by atoms with Crippen LogP contribution in [0.4, 0.5) is 10.1 Å². The monoisotopic (exact) mass is 439 g/mol. The van der Waals surface area contributed by atoms with E-state index in [1.165, 1.54) is 11.3 Å². The van der Waals surface area contributed by atoms with Crippen LogP contribution in [0.5, 0.6) is 0 Å². The molecule has 0 aliphatic carbocycles. The van der Waals surface area contributed by atoms with Crippen LogP contribution in [0.15, 0.2) is 52.2 Å². The van der Waals surface area contributed by atoms with E-state index in [1.54, 1.807) is 6.08 Å². The van der Waals surface area contributed by atoms with Crippen molar-refractivity contribution in [1.29, 1.82) is 0 Å². The van der Waals surface area contributed by atoms with Crippen LogP contribution in [0, 0.1) is 6.92 Å². The Hall–Kier alpha value is -2.77. The second-order valence-electron chi connectivity index (χ2n) is 7.60. The smallest absolute Gasteiger partial charge is 0.346 e. The van der Waals surface area contributed by atoms with Crippen molar-refractivity contribution < 1.29 is 8.81 Å². The lowest BCUT2D eigenvalue weighted by molar-refractivity contribution is 0.245. The summed E-state index contributed by atoms with van der Waals surface area (Å²) in [4.78, 5) is 22.9. The number of alkyl halides is 1. The highest BCUT2D eigenvalue weighted by Crippen LogP contribution is 2.30. The number of aryl methyl sites for hydroxylation is 1. The summed E-state index contributed by atoms with van der Waals surface area (Å²) in [7, 11) is 0. The van der Waals surface area contributed by atoms with Gasteiger partial charge in [-0.05, 0) is 37.6 Å². The predicted octanol–water partition coefficient (Wildman–Crippen LogP) is 4.91. The van der Waals surface area contributed by atoms with Crippen molar-refractivity contribution in [3.05, 3.63) is 64.0 Å². The van der Waals surface area contributed by atoms with Crippen LogP contribution >= 0.6 is 11.3 Å². The standard InChI is InChI=1S/C24H26FN3O2S/c1-3-4-6-21-17(2)31-23(26-21)20-15-18-7-8-19(16-22(18)30-24(20)29)28-13-11-27(12-14-28)10-5-9-25/h3-4,6-8,15-16H,1,5,9-14H2,2H3/b6-4+. The van der Waals surface area contributed by atoms with Gasteiger partial charge in [-0.25, -0.2) is 9.78 Å². The molecule has 0 spiro atoms. The average molecular weight is 440 g/mol. The maximum Gasteiger partial charge on any atom is 0.346 e. The lowest BCUT2D eigenvalue weighted by atomic mass is 10.1. The number of hydrogen-bond donors (Lipinski definition) is 0. The number of aromatic nitrogens is 1. The Balaban J connectivity index is 1.57. The number of anilines is 1. The Morgan fingerprint density at radius 3 is 2.81 bits per heavy atom. The van der Waals surface area contributed by atoms with E-state index in [4.69, 9.17) is 4.42 Å². The molecule has 1 aliphatic heterocycles. The zero-order valence-electron chi connectivity index (χ0n) is 17.6. The van der Waals surface area contributed by atoms with E-state index in [-0.39, 0.29) is 12.3 Å². The molecule has 0 radical (unpaired) electrons. The SMILES string of the molecule is C=C/C=C/c1nc(-c2cc3ccc(N4CCN(CCCF)CC4)cc3oc2=O)sc1C. The molecule has 0 bridgehead atoms. The zero-order chi connectivity index (χ0) is 21.8. The maximum atomic E-state index is 12.7. The molecule has 1 saturated heterocycles. The molecular formula is C24H26FN3O2S. The number of allylic oxidation sites excluding steroid dienone is 2. The third-order valence-electron chi connectivity index (χ3n) is 5.52. The minimum absolute atomic E-state index is 0.265. The van der Waals surface area contributed by atoms with E-state index in [0.717, 1.165) is 54.4 Å². The van der Waals surface area contributed by atoms with Gasteiger partial charge in [-0.1, -0.05) is 18.7 Å². The zero-order valence-corrected chi connectivity index (χ0v) is 18.5. The van der Waals surface area contributed by atoms with Crippen molar-refractivity contribution in [3.8, 4) is 10.6 Å². The van der Waals surface area contributed by atoms with Crippen molar-refractivity contribution in [2.75, 3.05) is 44.3 Å². The Morgan fingerprint density at radius 1 is 1.26 bits per heavy atom. The molecule has 2 aromatic heterocycles. The van der Waals surface area contributed by atoms with Gasteiger partial charge in [-0.15, -0.1) is 11.3 Å². The molecule has 5 nitrogen and oxygen atoms in total. The molecule has 4 rings (SSSR count). The predicted molar refractivity (Wildman–Crippen MR) is 127 cm³/mol. The second-order valence-corrected chi connectivity index (χ2v) is 8.80. The molecule has 3 heterocycles. The molecule has 0 atom stereocenters. The third-order valence-corrected chi connectivity index (χ3v) is 6.54. The lowest BCUT2D eigenvalue weighted by Crippen LogP contribution is -2.46. The highest BCUT2D eigenvalue weighted by atomic mass is 32.1. The first kappa shape index (κ1) is 21.5. The van der Waals surface area contributed by atoms with Gasteiger partial charge in [0, 0.05) is 54.7 Å². The molecule has 0 saturated carbocycles. The fourth-order valence-electron chi connectivity index (χ4n) is 3.80. The number of fused-ring (bicyclic) bond motifs is 1. The van der Waals surface area contributed by atoms with E-state index in [0.29, 0.717) is 22.6 Å². The van der Waals surface area contributed by atoms with E-state index >= 15 is 0 Å². The number of nitrogens with zero attached hydrogens (tertiary/aromatic N) is 3. The molecule has 162 valence electrons. The molecule has 1 fully saturated rings. The summed E-state index contributed by atoms with van der Waals surface area (Å²) < 4.78 is 18.1. The molecule has 1 aliphatic rings. The molecular weight excluding hydrogens is 413 g/mol. The first-order valence-corrected chi connectivity index (χ1v) is 11.3. The fourth-order valence-corrected chi connectivity index (χ4v) is 4.70. The lowest BCUT2D eigenvalue weighted by Gasteiger charge is -2.36. The largest absolute Gasteiger partial charge is 0.422 e. The number of piperazine rings is 1. The second kappa shape index (κ2) is 9.58. The van der Waals surface area contributed by atoms with E-state index in [1.807, 2.05) is 37.3 Å². The van der Waals surface area contributed by atoms with Crippen LogP contribution in [0.25, 0.3) is 27.6 Å². The Bertz CT molecular complexity index is 1160. The summed E-state index contributed by atoms with van der Waals surface area (Å²) in [5.41, 5.74) is 2.55. The van der Waals surface area contributed by atoms with E-state index < -0.39 is 0 Å². The van der Waals surface area contributed by atoms with Gasteiger partial charge >= 0.3 is 5.63 Å². The van der Waals surface area contributed by atoms with Gasteiger partial charge in [0.05, 0.1) is 17.9 Å². The number of rotatable bonds is 7. The molecule has 1 aromatic carbocycles. The first-order chi connectivity index (χ1) is 15.1. The molecule has 0 unspecified atom stereocenters. The normalized spacial score (nSPS) is 15.2. The fraction of sp³-hybridized carbons (Fsp3) is 0.333. The van der Waals surface area contributed by atoms with Crippen LogP contribution in [0.2, 0.25) is 0 Å². The molecule has 31 heavy (non-hydrogen) atoms. The van der Waals surface area contributed by atoms with E-state index in [9.17, 15) is 9.18 Å². The highest BCUT2D eigenvalue weighted by Gasteiger charge is 2.18. The van der Waals surface area contributed by atoms with Gasteiger partial charge in [-0.2, -0.15) is 0 Å². The summed E-state index contributed by atoms with van der Waals surface area (Å²) in [6, 6.07) is 7.85. The Morgan fingerprint density at radius 2 is 2.06 bits per heavy atom. The van der Waals surface area contributed by atoms with Crippen LogP contribution in [-0.4, -0.2) is 49.3 Å². The number of halogens is 1. The van der Waals surface area contributed by atoms with Crippen LogP contribution in [0.3, 0.4) is 0 Å². The van der Waals surface area contributed by atoms with Gasteiger partial charge in [0.25, 0.3) is 0 Å². The van der Waals surface area contributed by atoms with Gasteiger partial charge < -0.3 is 9.32 Å². The van der Waals surface area contributed by atoms with Crippen molar-refractivity contribution in [2.24, 2.45) is 0 Å². The quantitative estimate of drug-likeness (QED) is 0.387. The van der Waals surface area contributed by atoms with Gasteiger partial charge in [0.1, 0.15) is 10.6 Å². The average Bonchev–Trinajstić information content (AvgIpc) is 3.15. The molecule has 0 amide bonds. The van der Waals surface area contributed by atoms with Gasteiger partial charge in [0.15, 0.2) is 0 Å². The van der Waals surface area contributed by atoms with Gasteiger partial charge in [-0.3, -0.25) is 9.29 Å². The summed E-state index contributed by atoms with van der Waals surface area (Å²) >= 11 is 1.48. The third kappa shape index (κ3) is 4.78. The summed E-state index contributed by atoms with van der Waals surface area (Å²) in [5, 5.41) is 1.53. The van der Waals surface area contributed by atoms with Crippen molar-refractivity contribution in [1.82, 2.24) is 9.88 Å². The van der Waals surface area contributed by atoms with Crippen LogP contribution < -0.4 is 10.5 Å². The molecule has 7 heteroatoms. The minimum atomic E-state index is -0.381. The minimum Gasteiger partial charge on any atom is -0.422 e. The van der Waals surface area contributed by atoms with Crippen molar-refractivity contribution >= 4 is 34.1 Å². The van der Waals surface area contributed by atoms with Crippen molar-refractivity contribution in [2.45, 2.75) is 13.3 Å². The highest BCUT2D eigenvalue weighted by molar-refractivity contribution is 7.15.